The van der Waals surface area contributed by atoms with Crippen molar-refractivity contribution in [3.05, 3.63) is 97.1 Å². The molecule has 0 saturated heterocycles. The molecule has 0 saturated carbocycles. The van der Waals surface area contributed by atoms with Gasteiger partial charge in [-0.05, 0) is 98.8 Å². The van der Waals surface area contributed by atoms with Crippen LogP contribution in [-0.2, 0) is 16.1 Å². The van der Waals surface area contributed by atoms with E-state index in [2.05, 4.69) is 59.1 Å². The van der Waals surface area contributed by atoms with E-state index in [1.807, 2.05) is 31.2 Å². The molecule has 3 aromatic rings. The number of nitrogens with zero attached hydrogens (tertiary/aromatic N) is 2. The van der Waals surface area contributed by atoms with Crippen LogP contribution < -0.4 is 30.3 Å². The van der Waals surface area contributed by atoms with Crippen LogP contribution in [0.15, 0.2) is 79.9 Å². The summed E-state index contributed by atoms with van der Waals surface area (Å²) in [5, 5.41) is 28.9. The molecule has 2 atom stereocenters. The highest BCUT2D eigenvalue weighted by Gasteiger charge is 2.32. The Balaban J connectivity index is 1.36. The zero-order valence-corrected chi connectivity index (χ0v) is 28.3. The number of hydrogen-bond donors (Lipinski definition) is 4. The number of hydrogen-bond acceptors (Lipinski definition) is 10. The van der Waals surface area contributed by atoms with Crippen molar-refractivity contribution in [2.24, 2.45) is 5.10 Å². The molecule has 0 bridgehead atoms. The summed E-state index contributed by atoms with van der Waals surface area (Å²) in [5.74, 6) is 0.739. The van der Waals surface area contributed by atoms with Gasteiger partial charge in [0.25, 0.3) is 0 Å². The second-order valence-corrected chi connectivity index (χ2v) is 11.5. The number of aliphatic hydroxyl groups excluding tert-OH is 1. The van der Waals surface area contributed by atoms with E-state index in [-0.39, 0.29) is 12.2 Å². The van der Waals surface area contributed by atoms with Crippen LogP contribution in [0.1, 0.15) is 42.1 Å². The number of rotatable bonds is 13. The molecule has 0 spiro atoms. The average molecular weight is 757 g/mol. The minimum atomic E-state index is -1.16. The third kappa shape index (κ3) is 8.78. The minimum absolute atomic E-state index is 0.164. The highest BCUT2D eigenvalue weighted by molar-refractivity contribution is 9.11. The third-order valence-electron chi connectivity index (χ3n) is 6.60. The number of esters is 1. The molecule has 14 heteroatoms. The quantitative estimate of drug-likeness (QED) is 0.0797. The molecule has 0 fully saturated rings. The summed E-state index contributed by atoms with van der Waals surface area (Å²) in [7, 11) is 1.27. The predicted molar refractivity (Wildman–Crippen MR) is 176 cm³/mol. The highest BCUT2D eigenvalue weighted by atomic mass is 79.9. The van der Waals surface area contributed by atoms with Crippen molar-refractivity contribution in [2.75, 3.05) is 20.3 Å². The first-order valence-corrected chi connectivity index (χ1v) is 15.6. The molecule has 0 radical (unpaired) electrons. The van der Waals surface area contributed by atoms with Crippen LogP contribution in [0, 0.1) is 11.3 Å². The molecule has 4 rings (SSSR count). The van der Waals surface area contributed by atoms with Crippen LogP contribution in [0.2, 0.25) is 0 Å². The molecular formula is C32H31Br2N5O7. The molecule has 0 aliphatic carbocycles. The smallest absolute Gasteiger partial charge is 0.337 e. The lowest BCUT2D eigenvalue weighted by Gasteiger charge is -2.28. The first kappa shape index (κ1) is 34.3. The average Bonchev–Trinajstić information content (AvgIpc) is 3.03. The third-order valence-corrected chi connectivity index (χ3v) is 7.77. The van der Waals surface area contributed by atoms with Gasteiger partial charge in [0, 0.05) is 5.70 Å². The van der Waals surface area contributed by atoms with E-state index >= 15 is 0 Å². The number of ether oxygens (including phenoxy) is 4. The van der Waals surface area contributed by atoms with Gasteiger partial charge in [0.15, 0.2) is 17.7 Å². The summed E-state index contributed by atoms with van der Waals surface area (Å²) in [6.45, 7) is 3.91. The van der Waals surface area contributed by atoms with Gasteiger partial charge < -0.3 is 34.7 Å². The first-order valence-electron chi connectivity index (χ1n) is 14.0. The van der Waals surface area contributed by atoms with E-state index in [9.17, 15) is 14.7 Å². The Labute approximate surface area is 282 Å². The number of carbonyl (C=O) groups excluding carboxylic acids is 2. The maximum atomic E-state index is 12.4. The maximum Gasteiger partial charge on any atom is 0.337 e. The largest absolute Gasteiger partial charge is 0.490 e. The molecule has 240 valence electrons. The SMILES string of the molecule is CCOc1cc([C@@H]2NC(=O)NC(C)=C2C(=O)OC)ccc1OC[C@@H](O)N/N=C/c1cc(Br)c(OCc2ccc(C#N)cc2)c(Br)c1. The summed E-state index contributed by atoms with van der Waals surface area (Å²) in [6.07, 6.45) is 0.373. The van der Waals surface area contributed by atoms with Crippen LogP contribution in [0.4, 0.5) is 4.79 Å². The fourth-order valence-electron chi connectivity index (χ4n) is 4.44. The number of urea groups is 1. The summed E-state index contributed by atoms with van der Waals surface area (Å²) in [4.78, 5) is 24.6. The van der Waals surface area contributed by atoms with Crippen molar-refractivity contribution in [3.8, 4) is 23.3 Å². The van der Waals surface area contributed by atoms with E-state index < -0.39 is 24.3 Å². The molecule has 0 unspecified atom stereocenters. The summed E-state index contributed by atoms with van der Waals surface area (Å²) < 4.78 is 23.8. The number of halogens is 2. The highest BCUT2D eigenvalue weighted by Crippen LogP contribution is 2.36. The number of carbonyl (C=O) groups is 2. The second-order valence-electron chi connectivity index (χ2n) is 9.83. The Kier molecular flexibility index (Phi) is 12.0. The normalized spacial score (nSPS) is 15.0. The molecule has 12 nitrogen and oxygen atoms in total. The van der Waals surface area contributed by atoms with E-state index in [1.54, 1.807) is 37.3 Å². The molecule has 3 aromatic carbocycles. The first-order chi connectivity index (χ1) is 22.1. The van der Waals surface area contributed by atoms with Gasteiger partial charge in [0.05, 0.1) is 52.1 Å². The van der Waals surface area contributed by atoms with Crippen molar-refractivity contribution in [3.63, 3.8) is 0 Å². The Morgan fingerprint density at radius 1 is 1.11 bits per heavy atom. The molecular weight excluding hydrogens is 726 g/mol. The number of methoxy groups -OCH3 is 1. The van der Waals surface area contributed by atoms with Gasteiger partial charge in [-0.25, -0.2) is 9.59 Å². The van der Waals surface area contributed by atoms with E-state index in [0.717, 1.165) is 11.1 Å². The summed E-state index contributed by atoms with van der Waals surface area (Å²) in [6, 6.07) is 16.6. The van der Waals surface area contributed by atoms with Crippen molar-refractivity contribution in [1.29, 1.82) is 5.26 Å². The summed E-state index contributed by atoms with van der Waals surface area (Å²) >= 11 is 7.05. The van der Waals surface area contributed by atoms with Gasteiger partial charge in [-0.3, -0.25) is 5.43 Å². The number of aliphatic hydroxyl groups is 1. The Hall–Kier alpha value is -4.58. The minimum Gasteiger partial charge on any atom is -0.490 e. The molecule has 0 aromatic heterocycles. The lowest BCUT2D eigenvalue weighted by Crippen LogP contribution is -2.45. The van der Waals surface area contributed by atoms with E-state index in [4.69, 9.17) is 24.2 Å². The fraction of sp³-hybridized carbons (Fsp3) is 0.250. The van der Waals surface area contributed by atoms with Gasteiger partial charge in [-0.15, -0.1) is 0 Å². The van der Waals surface area contributed by atoms with Gasteiger partial charge in [0.2, 0.25) is 0 Å². The van der Waals surface area contributed by atoms with Crippen LogP contribution >= 0.6 is 31.9 Å². The van der Waals surface area contributed by atoms with Gasteiger partial charge >= 0.3 is 12.0 Å². The number of hydrazone groups is 1. The topological polar surface area (TPSA) is 164 Å². The molecule has 4 N–H and O–H groups in total. The summed E-state index contributed by atoms with van der Waals surface area (Å²) in [5.41, 5.74) is 6.08. The standard InChI is InChI=1S/C32H31Br2N5O7/c1-4-44-26-13-22(29-28(31(41)43-3)18(2)37-32(42)38-29)9-10-25(26)45-17-27(40)39-36-15-21-11-23(33)30(24(34)12-21)46-16-20-7-5-19(14-35)6-8-20/h5-13,15,27,29,39-40H,4,16-17H2,1-3H3,(H2,37,38,42)/b36-15+/t27-,29+/m1/s1. The monoisotopic (exact) mass is 755 g/mol. The maximum absolute atomic E-state index is 12.4. The Bertz CT molecular complexity index is 1670. The molecule has 1 heterocycles. The van der Waals surface area contributed by atoms with Crippen LogP contribution in [0.5, 0.6) is 17.2 Å². The van der Waals surface area contributed by atoms with Crippen molar-refractivity contribution in [1.82, 2.24) is 16.1 Å². The van der Waals surface area contributed by atoms with Gasteiger partial charge in [-0.2, -0.15) is 10.4 Å². The van der Waals surface area contributed by atoms with Crippen LogP contribution in [-0.4, -0.2) is 49.9 Å². The number of nitriles is 1. The Morgan fingerprint density at radius 3 is 2.48 bits per heavy atom. The van der Waals surface area contributed by atoms with E-state index in [0.29, 0.717) is 56.2 Å². The Morgan fingerprint density at radius 2 is 1.83 bits per heavy atom. The van der Waals surface area contributed by atoms with Crippen LogP contribution in [0.3, 0.4) is 0 Å². The molecule has 1 aliphatic heterocycles. The number of allylic oxidation sites excluding steroid dienone is 1. The fourth-order valence-corrected chi connectivity index (χ4v) is 5.89. The zero-order chi connectivity index (χ0) is 33.2. The molecule has 2 amide bonds. The van der Waals surface area contributed by atoms with Crippen molar-refractivity contribution in [2.45, 2.75) is 32.7 Å². The van der Waals surface area contributed by atoms with Gasteiger partial charge in [-0.1, -0.05) is 18.2 Å². The lowest BCUT2D eigenvalue weighted by molar-refractivity contribution is -0.136. The predicted octanol–water partition coefficient (Wildman–Crippen LogP) is 5.18. The van der Waals surface area contributed by atoms with Gasteiger partial charge in [0.1, 0.15) is 19.0 Å². The second kappa shape index (κ2) is 16.1. The number of amides is 2. The number of nitrogens with one attached hydrogen (secondary N) is 3. The van der Waals surface area contributed by atoms with Crippen LogP contribution in [0.25, 0.3) is 0 Å². The van der Waals surface area contributed by atoms with E-state index in [1.165, 1.54) is 13.3 Å². The van der Waals surface area contributed by atoms with Crippen molar-refractivity contribution < 1.29 is 33.6 Å². The zero-order valence-electron chi connectivity index (χ0n) is 25.1. The molecule has 46 heavy (non-hydrogen) atoms. The van der Waals surface area contributed by atoms with Crippen molar-refractivity contribution >= 4 is 50.1 Å². The number of benzene rings is 3. The molecule has 1 aliphatic rings. The lowest BCUT2D eigenvalue weighted by atomic mass is 9.95.